The van der Waals surface area contributed by atoms with Gasteiger partial charge in [0.05, 0.1) is 0 Å². The third kappa shape index (κ3) is 4.44. The molecule has 11 heavy (non-hydrogen) atoms. The molecule has 0 saturated carbocycles. The van der Waals surface area contributed by atoms with Crippen LogP contribution in [0, 0.1) is 0 Å². The van der Waals surface area contributed by atoms with Gasteiger partial charge in [0.2, 0.25) is 0 Å². The van der Waals surface area contributed by atoms with Crippen LogP contribution in [0.1, 0.15) is 13.8 Å². The van der Waals surface area contributed by atoms with E-state index in [2.05, 4.69) is 15.8 Å². The first-order chi connectivity index (χ1) is 5.07. The fourth-order valence-corrected chi connectivity index (χ4v) is 0.315. The molecule has 0 aromatic heterocycles. The largest absolute Gasteiger partial charge is 0.364 e. The van der Waals surface area contributed by atoms with Gasteiger partial charge in [-0.3, -0.25) is 10.2 Å². The summed E-state index contributed by atoms with van der Waals surface area (Å²) < 4.78 is 0. The van der Waals surface area contributed by atoms with Gasteiger partial charge in [-0.1, -0.05) is 0 Å². The fraction of sp³-hybridized carbons (Fsp3) is 0.500. The lowest BCUT2D eigenvalue weighted by Crippen LogP contribution is -2.29. The van der Waals surface area contributed by atoms with Crippen molar-refractivity contribution in [2.24, 2.45) is 5.10 Å². The van der Waals surface area contributed by atoms with Crippen LogP contribution in [0.4, 0.5) is 0 Å². The van der Waals surface area contributed by atoms with Crippen molar-refractivity contribution < 1.29 is 4.79 Å². The van der Waals surface area contributed by atoms with Crippen LogP contribution in [-0.4, -0.2) is 23.7 Å². The molecule has 0 aliphatic carbocycles. The summed E-state index contributed by atoms with van der Waals surface area (Å²) in [7, 11) is 1.67. The number of hydrogen-bond donors (Lipinski definition) is 2. The normalized spacial score (nSPS) is 10.6. The third-order valence-corrected chi connectivity index (χ3v) is 1.36. The predicted octanol–water partition coefficient (Wildman–Crippen LogP) is 0.0452. The first-order valence-corrected chi connectivity index (χ1v) is 3.51. The smallest absolute Gasteiger partial charge is 0.186 e. The van der Waals surface area contributed by atoms with Crippen molar-refractivity contribution in [1.82, 2.24) is 10.7 Å². The molecule has 0 saturated heterocycles. The van der Waals surface area contributed by atoms with Gasteiger partial charge in [-0.05, 0) is 19.1 Å². The lowest BCUT2D eigenvalue weighted by Gasteiger charge is -2.00. The molecule has 4 nitrogen and oxygen atoms in total. The maximum absolute atomic E-state index is 10.6. The highest BCUT2D eigenvalue weighted by Gasteiger charge is 1.96. The lowest BCUT2D eigenvalue weighted by atomic mass is 10.3. The van der Waals surface area contributed by atoms with E-state index in [0.29, 0.717) is 10.8 Å². The summed E-state index contributed by atoms with van der Waals surface area (Å²) in [5, 5.41) is 6.76. The second-order valence-corrected chi connectivity index (χ2v) is 2.35. The number of thiocarbonyl (C=S) groups is 1. The molecule has 0 amide bonds. The van der Waals surface area contributed by atoms with Crippen LogP contribution in [0.5, 0.6) is 0 Å². The van der Waals surface area contributed by atoms with Crippen LogP contribution in [0.25, 0.3) is 0 Å². The quantitative estimate of drug-likeness (QED) is 0.352. The second-order valence-electron chi connectivity index (χ2n) is 1.94. The van der Waals surface area contributed by atoms with Gasteiger partial charge in [-0.2, -0.15) is 5.10 Å². The van der Waals surface area contributed by atoms with E-state index in [1.165, 1.54) is 6.92 Å². The van der Waals surface area contributed by atoms with E-state index in [0.717, 1.165) is 0 Å². The topological polar surface area (TPSA) is 53.5 Å². The molecule has 0 radical (unpaired) electrons. The van der Waals surface area contributed by atoms with Gasteiger partial charge in [0.1, 0.15) is 5.71 Å². The molecule has 0 unspecified atom stereocenters. The number of carbonyl (C=O) groups excluding carboxylic acids is 1. The molecule has 0 aromatic carbocycles. The third-order valence-electron chi connectivity index (χ3n) is 1.06. The minimum absolute atomic E-state index is 0.0728. The van der Waals surface area contributed by atoms with Crippen LogP contribution in [0.15, 0.2) is 5.10 Å². The monoisotopic (exact) mass is 173 g/mol. The molecule has 0 aliphatic heterocycles. The number of carbonyl (C=O) groups is 1. The lowest BCUT2D eigenvalue weighted by molar-refractivity contribution is -0.111. The zero-order valence-corrected chi connectivity index (χ0v) is 7.58. The Morgan fingerprint density at radius 2 is 2.00 bits per heavy atom. The summed E-state index contributed by atoms with van der Waals surface area (Å²) >= 11 is 4.72. The van der Waals surface area contributed by atoms with E-state index < -0.39 is 0 Å². The number of ketones is 1. The molecule has 0 rings (SSSR count). The Hall–Kier alpha value is -0.970. The van der Waals surface area contributed by atoms with Crippen LogP contribution in [0.2, 0.25) is 0 Å². The average molecular weight is 173 g/mol. The zero-order valence-electron chi connectivity index (χ0n) is 6.76. The summed E-state index contributed by atoms with van der Waals surface area (Å²) in [5.41, 5.74) is 2.91. The molecule has 0 heterocycles. The summed E-state index contributed by atoms with van der Waals surface area (Å²) in [4.78, 5) is 10.6. The Kier molecular flexibility index (Phi) is 4.36. The van der Waals surface area contributed by atoms with E-state index in [-0.39, 0.29) is 5.78 Å². The molecular formula is C6H11N3OS. The van der Waals surface area contributed by atoms with Crippen molar-refractivity contribution in [1.29, 1.82) is 0 Å². The van der Waals surface area contributed by atoms with Gasteiger partial charge in [0.15, 0.2) is 10.9 Å². The van der Waals surface area contributed by atoms with E-state index >= 15 is 0 Å². The molecule has 0 aliphatic rings. The maximum Gasteiger partial charge on any atom is 0.186 e. The summed E-state index contributed by atoms with van der Waals surface area (Å²) in [6.45, 7) is 3.07. The van der Waals surface area contributed by atoms with Crippen molar-refractivity contribution in [2.75, 3.05) is 7.05 Å². The zero-order chi connectivity index (χ0) is 8.85. The Balaban J connectivity index is 3.92. The van der Waals surface area contributed by atoms with E-state index in [9.17, 15) is 4.79 Å². The van der Waals surface area contributed by atoms with Crippen LogP contribution < -0.4 is 10.7 Å². The van der Waals surface area contributed by atoms with E-state index in [1.807, 2.05) is 0 Å². The Morgan fingerprint density at radius 3 is 2.36 bits per heavy atom. The molecular weight excluding hydrogens is 162 g/mol. The minimum atomic E-state index is -0.0728. The molecule has 62 valence electrons. The molecule has 5 heteroatoms. The number of nitrogens with zero attached hydrogens (tertiary/aromatic N) is 1. The van der Waals surface area contributed by atoms with Crippen LogP contribution in [0.3, 0.4) is 0 Å². The van der Waals surface area contributed by atoms with Gasteiger partial charge in [-0.25, -0.2) is 0 Å². The Labute approximate surface area is 71.0 Å². The highest BCUT2D eigenvalue weighted by molar-refractivity contribution is 7.80. The average Bonchev–Trinajstić information content (AvgIpc) is 1.99. The first kappa shape index (κ1) is 10.0. The van der Waals surface area contributed by atoms with Crippen molar-refractivity contribution in [3.05, 3.63) is 0 Å². The molecule has 0 aromatic rings. The molecule has 0 fully saturated rings. The maximum atomic E-state index is 10.6. The summed E-state index contributed by atoms with van der Waals surface area (Å²) in [6, 6.07) is 0. The van der Waals surface area contributed by atoms with Crippen LogP contribution >= 0.6 is 12.2 Å². The summed E-state index contributed by atoms with van der Waals surface area (Å²) in [5.74, 6) is -0.0728. The van der Waals surface area contributed by atoms with Crippen molar-refractivity contribution >= 4 is 28.8 Å². The van der Waals surface area contributed by atoms with Gasteiger partial charge in [0, 0.05) is 14.0 Å². The van der Waals surface area contributed by atoms with E-state index in [4.69, 9.17) is 12.2 Å². The van der Waals surface area contributed by atoms with E-state index in [1.54, 1.807) is 14.0 Å². The van der Waals surface area contributed by atoms with Crippen molar-refractivity contribution in [2.45, 2.75) is 13.8 Å². The van der Waals surface area contributed by atoms with Crippen molar-refractivity contribution in [3.8, 4) is 0 Å². The van der Waals surface area contributed by atoms with Gasteiger partial charge < -0.3 is 5.32 Å². The molecule has 0 spiro atoms. The summed E-state index contributed by atoms with van der Waals surface area (Å²) in [6.07, 6.45) is 0. The number of hydrazone groups is 1. The fourth-order valence-electron chi connectivity index (χ4n) is 0.269. The standard InChI is InChI=1S/C6H11N3OS/c1-4(5(2)10)8-9-6(11)7-3/h1-3H3,(H2,7,9,11)/b8-4+. The number of rotatable bonds is 2. The van der Waals surface area contributed by atoms with Crippen molar-refractivity contribution in [3.63, 3.8) is 0 Å². The predicted molar refractivity (Wildman–Crippen MR) is 48.6 cm³/mol. The molecule has 0 atom stereocenters. The minimum Gasteiger partial charge on any atom is -0.364 e. The molecule has 0 bridgehead atoms. The Bertz CT molecular complexity index is 200. The number of hydrogen-bond acceptors (Lipinski definition) is 3. The highest BCUT2D eigenvalue weighted by atomic mass is 32.1. The second kappa shape index (κ2) is 4.79. The van der Waals surface area contributed by atoms with Gasteiger partial charge in [-0.15, -0.1) is 0 Å². The molecule has 2 N–H and O–H groups in total. The number of nitrogens with one attached hydrogen (secondary N) is 2. The van der Waals surface area contributed by atoms with Gasteiger partial charge in [0.25, 0.3) is 0 Å². The SMILES string of the molecule is CNC(=S)N/N=C(\C)C(C)=O. The number of Topliss-reactive ketones (excluding diaryl/α,β-unsaturated/α-hetero) is 1. The van der Waals surface area contributed by atoms with Crippen LogP contribution in [-0.2, 0) is 4.79 Å². The first-order valence-electron chi connectivity index (χ1n) is 3.11. The highest BCUT2D eigenvalue weighted by Crippen LogP contribution is 1.76. The Morgan fingerprint density at radius 1 is 1.45 bits per heavy atom. The van der Waals surface area contributed by atoms with Gasteiger partial charge >= 0.3 is 0 Å².